The third-order valence-electron chi connectivity index (χ3n) is 5.94. The Labute approximate surface area is 198 Å². The van der Waals surface area contributed by atoms with E-state index in [1.54, 1.807) is 13.2 Å². The standard InChI is InChI=1S/C28H38N2O3/c1-4-16-30(17-5-2)18-7-19-33-27-21-25(13-14-26(27)32-3)29-28(31)15-11-22-10-12-23-8-6-9-24(23)20-22/h10-15,20-21H,4-9,16-19H2,1-3H3,(H,29,31). The normalized spacial score (nSPS) is 12.8. The fourth-order valence-corrected chi connectivity index (χ4v) is 4.36. The quantitative estimate of drug-likeness (QED) is 0.313. The first-order valence-electron chi connectivity index (χ1n) is 12.3. The van der Waals surface area contributed by atoms with Crippen molar-refractivity contribution < 1.29 is 14.3 Å². The van der Waals surface area contributed by atoms with E-state index in [1.807, 2.05) is 24.3 Å². The van der Waals surface area contributed by atoms with Crippen molar-refractivity contribution in [2.24, 2.45) is 0 Å². The highest BCUT2D eigenvalue weighted by Gasteiger charge is 2.11. The average molecular weight is 451 g/mol. The van der Waals surface area contributed by atoms with E-state index in [2.05, 4.69) is 42.3 Å². The molecule has 178 valence electrons. The summed E-state index contributed by atoms with van der Waals surface area (Å²) in [6.07, 6.45) is 10.2. The number of nitrogens with one attached hydrogen (secondary N) is 1. The molecule has 1 aliphatic carbocycles. The van der Waals surface area contributed by atoms with Crippen LogP contribution >= 0.6 is 0 Å². The largest absolute Gasteiger partial charge is 0.493 e. The molecule has 1 amide bonds. The average Bonchev–Trinajstić information content (AvgIpc) is 3.29. The zero-order valence-corrected chi connectivity index (χ0v) is 20.4. The van der Waals surface area contributed by atoms with Crippen LogP contribution in [0.15, 0.2) is 42.5 Å². The second-order valence-corrected chi connectivity index (χ2v) is 8.61. The Balaban J connectivity index is 1.54. The van der Waals surface area contributed by atoms with Gasteiger partial charge in [0.25, 0.3) is 0 Å². The van der Waals surface area contributed by atoms with Crippen LogP contribution in [0.5, 0.6) is 11.5 Å². The second-order valence-electron chi connectivity index (χ2n) is 8.61. The number of hydrogen-bond acceptors (Lipinski definition) is 4. The van der Waals surface area contributed by atoms with Gasteiger partial charge >= 0.3 is 0 Å². The maximum Gasteiger partial charge on any atom is 0.248 e. The number of methoxy groups -OCH3 is 1. The number of fused-ring (bicyclic) bond motifs is 1. The summed E-state index contributed by atoms with van der Waals surface area (Å²) in [5.41, 5.74) is 4.59. The summed E-state index contributed by atoms with van der Waals surface area (Å²) in [5.74, 6) is 1.15. The fourth-order valence-electron chi connectivity index (χ4n) is 4.36. The van der Waals surface area contributed by atoms with Gasteiger partial charge in [-0.25, -0.2) is 0 Å². The van der Waals surface area contributed by atoms with E-state index in [1.165, 1.54) is 17.5 Å². The molecule has 2 aromatic rings. The monoisotopic (exact) mass is 450 g/mol. The Morgan fingerprint density at radius 2 is 1.79 bits per heavy atom. The van der Waals surface area contributed by atoms with Crippen LogP contribution in [-0.4, -0.2) is 44.2 Å². The van der Waals surface area contributed by atoms with Gasteiger partial charge in [0, 0.05) is 24.4 Å². The lowest BCUT2D eigenvalue weighted by Gasteiger charge is -2.21. The molecule has 0 saturated heterocycles. The maximum atomic E-state index is 12.5. The van der Waals surface area contributed by atoms with Crippen LogP contribution in [0, 0.1) is 0 Å². The molecule has 0 unspecified atom stereocenters. The number of carbonyl (C=O) groups is 1. The molecule has 33 heavy (non-hydrogen) atoms. The summed E-state index contributed by atoms with van der Waals surface area (Å²) in [7, 11) is 1.63. The van der Waals surface area contributed by atoms with E-state index in [0.29, 0.717) is 23.8 Å². The highest BCUT2D eigenvalue weighted by atomic mass is 16.5. The van der Waals surface area contributed by atoms with Crippen molar-refractivity contribution in [1.82, 2.24) is 4.90 Å². The number of amides is 1. The molecule has 5 nitrogen and oxygen atoms in total. The Morgan fingerprint density at radius 1 is 1.00 bits per heavy atom. The van der Waals surface area contributed by atoms with Gasteiger partial charge in [0.15, 0.2) is 11.5 Å². The molecule has 5 heteroatoms. The van der Waals surface area contributed by atoms with Crippen molar-refractivity contribution in [2.45, 2.75) is 52.4 Å². The zero-order valence-electron chi connectivity index (χ0n) is 20.4. The summed E-state index contributed by atoms with van der Waals surface area (Å²) >= 11 is 0. The lowest BCUT2D eigenvalue weighted by Crippen LogP contribution is -2.27. The van der Waals surface area contributed by atoms with Crippen molar-refractivity contribution in [1.29, 1.82) is 0 Å². The van der Waals surface area contributed by atoms with Gasteiger partial charge in [0.05, 0.1) is 13.7 Å². The Bertz CT molecular complexity index is 933. The number of anilines is 1. The summed E-state index contributed by atoms with van der Waals surface area (Å²) in [4.78, 5) is 14.9. The van der Waals surface area contributed by atoms with E-state index < -0.39 is 0 Å². The fraction of sp³-hybridized carbons (Fsp3) is 0.464. The molecule has 0 fully saturated rings. The van der Waals surface area contributed by atoms with Crippen molar-refractivity contribution in [3.8, 4) is 11.5 Å². The van der Waals surface area contributed by atoms with Gasteiger partial charge in [0.2, 0.25) is 5.91 Å². The summed E-state index contributed by atoms with van der Waals surface area (Å²) < 4.78 is 11.4. The van der Waals surface area contributed by atoms with E-state index in [0.717, 1.165) is 57.3 Å². The minimum absolute atomic E-state index is 0.165. The molecule has 0 aromatic heterocycles. The molecule has 0 radical (unpaired) electrons. The number of benzene rings is 2. The molecule has 0 saturated carbocycles. The molecule has 0 heterocycles. The Kier molecular flexibility index (Phi) is 9.82. The van der Waals surface area contributed by atoms with E-state index in [4.69, 9.17) is 9.47 Å². The number of hydrogen-bond donors (Lipinski definition) is 1. The molecule has 3 rings (SSSR count). The van der Waals surface area contributed by atoms with E-state index in [-0.39, 0.29) is 5.91 Å². The smallest absolute Gasteiger partial charge is 0.248 e. The molecule has 0 spiro atoms. The first-order valence-corrected chi connectivity index (χ1v) is 12.3. The lowest BCUT2D eigenvalue weighted by atomic mass is 10.1. The first-order chi connectivity index (χ1) is 16.1. The van der Waals surface area contributed by atoms with Crippen LogP contribution in [0.3, 0.4) is 0 Å². The van der Waals surface area contributed by atoms with Crippen LogP contribution in [0.25, 0.3) is 6.08 Å². The molecule has 0 aliphatic heterocycles. The van der Waals surface area contributed by atoms with Gasteiger partial charge in [-0.2, -0.15) is 0 Å². The number of ether oxygens (including phenoxy) is 2. The number of carbonyl (C=O) groups excluding carboxylic acids is 1. The van der Waals surface area contributed by atoms with Crippen molar-refractivity contribution in [3.05, 3.63) is 59.2 Å². The Hall–Kier alpha value is -2.79. The van der Waals surface area contributed by atoms with Crippen LogP contribution < -0.4 is 14.8 Å². The van der Waals surface area contributed by atoms with Gasteiger partial charge < -0.3 is 19.7 Å². The summed E-state index contributed by atoms with van der Waals surface area (Å²) in [6.45, 7) is 8.30. The van der Waals surface area contributed by atoms with Crippen molar-refractivity contribution >= 4 is 17.7 Å². The summed E-state index contributed by atoms with van der Waals surface area (Å²) in [5, 5.41) is 2.93. The third-order valence-corrected chi connectivity index (χ3v) is 5.94. The van der Waals surface area contributed by atoms with Gasteiger partial charge in [-0.3, -0.25) is 4.79 Å². The summed E-state index contributed by atoms with van der Waals surface area (Å²) in [6, 6.07) is 11.9. The molecule has 1 N–H and O–H groups in total. The van der Waals surface area contributed by atoms with Gasteiger partial charge in [-0.1, -0.05) is 32.0 Å². The first kappa shape index (κ1) is 24.8. The number of rotatable bonds is 13. The molecule has 0 bridgehead atoms. The SMILES string of the molecule is CCCN(CCC)CCCOc1cc(NC(=O)C=Cc2ccc3c(c2)CCC3)ccc1OC. The second kappa shape index (κ2) is 13.0. The topological polar surface area (TPSA) is 50.8 Å². The maximum absolute atomic E-state index is 12.5. The third kappa shape index (κ3) is 7.64. The van der Waals surface area contributed by atoms with Gasteiger partial charge in [0.1, 0.15) is 0 Å². The number of aryl methyl sites for hydroxylation is 2. The lowest BCUT2D eigenvalue weighted by molar-refractivity contribution is -0.111. The predicted octanol–water partition coefficient (Wildman–Crippen LogP) is 5.73. The highest BCUT2D eigenvalue weighted by Crippen LogP contribution is 2.30. The Morgan fingerprint density at radius 3 is 2.55 bits per heavy atom. The zero-order chi connectivity index (χ0) is 23.5. The van der Waals surface area contributed by atoms with Crippen LogP contribution in [0.1, 0.15) is 56.2 Å². The van der Waals surface area contributed by atoms with Gasteiger partial charge in [-0.05, 0) is 86.5 Å². The van der Waals surface area contributed by atoms with Crippen LogP contribution in [0.4, 0.5) is 5.69 Å². The predicted molar refractivity (Wildman–Crippen MR) is 136 cm³/mol. The molecular weight excluding hydrogens is 412 g/mol. The van der Waals surface area contributed by atoms with Crippen molar-refractivity contribution in [3.63, 3.8) is 0 Å². The number of nitrogens with zero attached hydrogens (tertiary/aromatic N) is 1. The minimum atomic E-state index is -0.165. The molecule has 2 aromatic carbocycles. The van der Waals surface area contributed by atoms with E-state index in [9.17, 15) is 4.79 Å². The molecule has 0 atom stereocenters. The highest BCUT2D eigenvalue weighted by molar-refractivity contribution is 6.02. The van der Waals surface area contributed by atoms with Crippen LogP contribution in [-0.2, 0) is 17.6 Å². The van der Waals surface area contributed by atoms with Crippen LogP contribution in [0.2, 0.25) is 0 Å². The minimum Gasteiger partial charge on any atom is -0.493 e. The van der Waals surface area contributed by atoms with Gasteiger partial charge in [-0.15, -0.1) is 0 Å². The van der Waals surface area contributed by atoms with E-state index >= 15 is 0 Å². The molecule has 1 aliphatic rings. The molecular formula is C28H38N2O3. The van der Waals surface area contributed by atoms with Crippen molar-refractivity contribution in [2.75, 3.05) is 38.7 Å².